The fraction of sp³-hybridized carbons (Fsp3) is 0.0909. The number of hydrogen-bond acceptors (Lipinski definition) is 0. The van der Waals surface area contributed by atoms with E-state index in [0.717, 1.165) is 6.54 Å². The number of aromatic nitrogens is 1. The van der Waals surface area contributed by atoms with Gasteiger partial charge in [0, 0.05) is 28.1 Å². The van der Waals surface area contributed by atoms with E-state index < -0.39 is 0 Å². The molecule has 23 heavy (non-hydrogen) atoms. The largest absolute Gasteiger partial charge is 0.340 e. The lowest BCUT2D eigenvalue weighted by Crippen LogP contribution is -1.94. The van der Waals surface area contributed by atoms with Crippen molar-refractivity contribution in [2.45, 2.75) is 13.5 Å². The van der Waals surface area contributed by atoms with E-state index >= 15 is 0 Å². The molecular weight excluding hydrogens is 278 g/mol. The summed E-state index contributed by atoms with van der Waals surface area (Å²) in [7, 11) is 0. The number of aryl methyl sites for hydroxylation is 1. The Bertz CT molecular complexity index is 1100. The van der Waals surface area contributed by atoms with Crippen LogP contribution < -0.4 is 0 Å². The minimum atomic E-state index is 0.974. The Morgan fingerprint density at radius 2 is 1.04 bits per heavy atom. The molecule has 1 heteroatoms. The van der Waals surface area contributed by atoms with Crippen LogP contribution in [0.4, 0.5) is 0 Å². The van der Waals surface area contributed by atoms with Crippen LogP contribution in [0, 0.1) is 0 Å². The van der Waals surface area contributed by atoms with Crippen LogP contribution in [0.3, 0.4) is 0 Å². The maximum absolute atomic E-state index is 2.48. The molecule has 0 atom stereocenters. The second-order valence-electron chi connectivity index (χ2n) is 6.11. The van der Waals surface area contributed by atoms with E-state index in [1.807, 2.05) is 0 Å². The second kappa shape index (κ2) is 4.60. The summed E-state index contributed by atoms with van der Waals surface area (Å²) in [5.74, 6) is 0. The highest BCUT2D eigenvalue weighted by Gasteiger charge is 2.14. The van der Waals surface area contributed by atoms with Gasteiger partial charge in [0.2, 0.25) is 0 Å². The number of nitrogens with zero attached hydrogens (tertiary/aromatic N) is 1. The highest BCUT2D eigenvalue weighted by Crippen LogP contribution is 2.37. The lowest BCUT2D eigenvalue weighted by atomic mass is 10.0. The summed E-state index contributed by atoms with van der Waals surface area (Å²) < 4.78 is 2.48. The van der Waals surface area contributed by atoms with Gasteiger partial charge in [0.05, 0.1) is 11.0 Å². The molecule has 4 aromatic carbocycles. The standard InChI is InChI=1S/C22H17N/c1-2-23-21-17-9-5-3-7-15(17)11-13-19(21)20-14-12-16-8-4-6-10-18(16)22(20)23/h3-14H,2H2,1H3. The number of rotatable bonds is 1. The van der Waals surface area contributed by atoms with Crippen molar-refractivity contribution in [3.8, 4) is 0 Å². The summed E-state index contributed by atoms with van der Waals surface area (Å²) in [6.07, 6.45) is 0. The van der Waals surface area contributed by atoms with Crippen LogP contribution in [0.25, 0.3) is 43.4 Å². The van der Waals surface area contributed by atoms with E-state index in [0.29, 0.717) is 0 Å². The summed E-state index contributed by atoms with van der Waals surface area (Å²) in [5.41, 5.74) is 2.72. The van der Waals surface area contributed by atoms with Gasteiger partial charge < -0.3 is 4.57 Å². The van der Waals surface area contributed by atoms with Gasteiger partial charge in [0.1, 0.15) is 0 Å². The molecule has 0 saturated heterocycles. The fourth-order valence-corrected chi connectivity index (χ4v) is 3.95. The summed E-state index contributed by atoms with van der Waals surface area (Å²) in [6.45, 7) is 3.21. The van der Waals surface area contributed by atoms with Crippen LogP contribution in [0.1, 0.15) is 6.92 Å². The lowest BCUT2D eigenvalue weighted by molar-refractivity contribution is 0.832. The third-order valence-electron chi connectivity index (χ3n) is 4.95. The van der Waals surface area contributed by atoms with Crippen molar-refractivity contribution in [3.63, 3.8) is 0 Å². The van der Waals surface area contributed by atoms with Gasteiger partial charge in [0.25, 0.3) is 0 Å². The molecule has 0 fully saturated rings. The van der Waals surface area contributed by atoms with Crippen LogP contribution in [-0.2, 0) is 6.54 Å². The highest BCUT2D eigenvalue weighted by molar-refractivity contribution is 6.22. The van der Waals surface area contributed by atoms with Crippen LogP contribution in [0.2, 0.25) is 0 Å². The SMILES string of the molecule is CCn1c2c3ccccc3ccc2c2ccc3ccccc3c21. The molecule has 0 N–H and O–H groups in total. The topological polar surface area (TPSA) is 4.93 Å². The molecule has 0 aliphatic carbocycles. The maximum Gasteiger partial charge on any atom is 0.0571 e. The molecule has 5 rings (SSSR count). The Kier molecular flexibility index (Phi) is 2.54. The normalized spacial score (nSPS) is 11.9. The number of fused-ring (bicyclic) bond motifs is 7. The summed E-state index contributed by atoms with van der Waals surface area (Å²) >= 11 is 0. The Hall–Kier alpha value is -2.80. The van der Waals surface area contributed by atoms with Gasteiger partial charge >= 0.3 is 0 Å². The Labute approximate surface area is 134 Å². The van der Waals surface area contributed by atoms with E-state index in [1.165, 1.54) is 43.4 Å². The fourth-order valence-electron chi connectivity index (χ4n) is 3.95. The Morgan fingerprint density at radius 3 is 1.52 bits per heavy atom. The average molecular weight is 295 g/mol. The average Bonchev–Trinajstić information content (AvgIpc) is 2.96. The zero-order chi connectivity index (χ0) is 15.4. The molecule has 0 amide bonds. The minimum absolute atomic E-state index is 0.974. The summed E-state index contributed by atoms with van der Waals surface area (Å²) in [6, 6.07) is 26.4. The molecule has 0 aliphatic heterocycles. The zero-order valence-corrected chi connectivity index (χ0v) is 13.1. The first-order valence-electron chi connectivity index (χ1n) is 8.20. The monoisotopic (exact) mass is 295 g/mol. The smallest absolute Gasteiger partial charge is 0.0571 e. The second-order valence-corrected chi connectivity index (χ2v) is 6.11. The van der Waals surface area contributed by atoms with E-state index in [2.05, 4.69) is 84.3 Å². The van der Waals surface area contributed by atoms with Crippen LogP contribution in [-0.4, -0.2) is 4.57 Å². The first-order chi connectivity index (χ1) is 11.4. The molecule has 0 radical (unpaired) electrons. The Morgan fingerprint density at radius 1 is 0.565 bits per heavy atom. The molecule has 0 saturated carbocycles. The lowest BCUT2D eigenvalue weighted by Gasteiger charge is -2.08. The maximum atomic E-state index is 2.48. The predicted molar refractivity (Wildman–Crippen MR) is 100 cm³/mol. The molecule has 1 nitrogen and oxygen atoms in total. The van der Waals surface area contributed by atoms with Gasteiger partial charge in [-0.2, -0.15) is 0 Å². The minimum Gasteiger partial charge on any atom is -0.340 e. The van der Waals surface area contributed by atoms with Gasteiger partial charge in [-0.05, 0) is 17.7 Å². The third kappa shape index (κ3) is 1.62. The van der Waals surface area contributed by atoms with Crippen molar-refractivity contribution < 1.29 is 0 Å². The number of benzene rings is 4. The van der Waals surface area contributed by atoms with E-state index in [-0.39, 0.29) is 0 Å². The third-order valence-corrected chi connectivity index (χ3v) is 4.95. The van der Waals surface area contributed by atoms with Crippen molar-refractivity contribution in [2.24, 2.45) is 0 Å². The van der Waals surface area contributed by atoms with E-state index in [1.54, 1.807) is 0 Å². The molecule has 5 aromatic rings. The highest BCUT2D eigenvalue weighted by atomic mass is 15.0. The molecule has 0 bridgehead atoms. The Balaban J connectivity index is 2.15. The first kappa shape index (κ1) is 12.7. The first-order valence-corrected chi connectivity index (χ1v) is 8.20. The van der Waals surface area contributed by atoms with Crippen molar-refractivity contribution in [3.05, 3.63) is 72.8 Å². The van der Waals surface area contributed by atoms with Crippen molar-refractivity contribution in [1.29, 1.82) is 0 Å². The van der Waals surface area contributed by atoms with E-state index in [4.69, 9.17) is 0 Å². The molecular formula is C22H17N. The molecule has 0 spiro atoms. The van der Waals surface area contributed by atoms with Gasteiger partial charge in [-0.25, -0.2) is 0 Å². The van der Waals surface area contributed by atoms with Gasteiger partial charge in [-0.3, -0.25) is 0 Å². The van der Waals surface area contributed by atoms with Crippen molar-refractivity contribution in [1.82, 2.24) is 4.57 Å². The molecule has 0 unspecified atom stereocenters. The van der Waals surface area contributed by atoms with Crippen LogP contribution in [0.15, 0.2) is 72.8 Å². The van der Waals surface area contributed by atoms with Gasteiger partial charge in [-0.1, -0.05) is 72.8 Å². The molecule has 0 aliphatic rings. The summed E-state index contributed by atoms with van der Waals surface area (Å²) in [4.78, 5) is 0. The molecule has 1 heterocycles. The van der Waals surface area contributed by atoms with Crippen LogP contribution >= 0.6 is 0 Å². The molecule has 1 aromatic heterocycles. The van der Waals surface area contributed by atoms with Gasteiger partial charge in [-0.15, -0.1) is 0 Å². The van der Waals surface area contributed by atoms with Crippen molar-refractivity contribution >= 4 is 43.4 Å². The number of hydrogen-bond donors (Lipinski definition) is 0. The molecule has 110 valence electrons. The summed E-state index contributed by atoms with van der Waals surface area (Å²) in [5, 5.41) is 8.00. The van der Waals surface area contributed by atoms with Gasteiger partial charge in [0.15, 0.2) is 0 Å². The van der Waals surface area contributed by atoms with Crippen LogP contribution in [0.5, 0.6) is 0 Å². The quantitative estimate of drug-likeness (QED) is 0.351. The zero-order valence-electron chi connectivity index (χ0n) is 13.1. The van der Waals surface area contributed by atoms with E-state index in [9.17, 15) is 0 Å². The van der Waals surface area contributed by atoms with Crippen molar-refractivity contribution in [2.75, 3.05) is 0 Å². The predicted octanol–water partition coefficient (Wildman–Crippen LogP) is 6.12.